The van der Waals surface area contributed by atoms with Crippen LogP contribution < -0.4 is 10.2 Å². The molecule has 34 heavy (non-hydrogen) atoms. The molecule has 0 radical (unpaired) electrons. The van der Waals surface area contributed by atoms with Crippen LogP contribution in [0.15, 0.2) is 54.7 Å². The Morgan fingerprint density at radius 2 is 2.06 bits per heavy atom. The molecule has 1 saturated heterocycles. The van der Waals surface area contributed by atoms with Gasteiger partial charge in [0.05, 0.1) is 11.6 Å². The Labute approximate surface area is 202 Å². The minimum atomic E-state index is -0.0470. The van der Waals surface area contributed by atoms with Gasteiger partial charge in [0.1, 0.15) is 5.69 Å². The molecule has 2 aromatic heterocycles. The van der Waals surface area contributed by atoms with Gasteiger partial charge in [-0.1, -0.05) is 17.7 Å². The van der Waals surface area contributed by atoms with Crippen LogP contribution in [0.5, 0.6) is 0 Å². The van der Waals surface area contributed by atoms with Crippen molar-refractivity contribution in [3.63, 3.8) is 0 Å². The molecule has 4 aromatic rings. The number of halogens is 1. The third kappa shape index (κ3) is 3.76. The molecule has 2 aliphatic heterocycles. The number of hydrogen-bond donors (Lipinski definition) is 2. The second-order valence-corrected chi connectivity index (χ2v) is 9.53. The van der Waals surface area contributed by atoms with Crippen LogP contribution in [0.25, 0.3) is 22.2 Å². The lowest BCUT2D eigenvalue weighted by Gasteiger charge is -2.42. The molecule has 0 bridgehead atoms. The van der Waals surface area contributed by atoms with Gasteiger partial charge in [-0.05, 0) is 67.8 Å². The molecule has 0 aliphatic carbocycles. The topological polar surface area (TPSA) is 77.2 Å². The number of aryl methyl sites for hydroxylation is 1. The first kappa shape index (κ1) is 21.0. The van der Waals surface area contributed by atoms with Crippen LogP contribution in [0.2, 0.25) is 5.02 Å². The van der Waals surface area contributed by atoms with Gasteiger partial charge in [0, 0.05) is 58.9 Å². The van der Waals surface area contributed by atoms with E-state index in [2.05, 4.69) is 37.5 Å². The number of carbonyl (C=O) groups is 1. The van der Waals surface area contributed by atoms with E-state index in [1.54, 1.807) is 6.20 Å². The fourth-order valence-corrected chi connectivity index (χ4v) is 5.31. The highest BCUT2D eigenvalue weighted by molar-refractivity contribution is 6.30. The summed E-state index contributed by atoms with van der Waals surface area (Å²) in [7, 11) is 0. The summed E-state index contributed by atoms with van der Waals surface area (Å²) in [6.45, 7) is 4.31. The van der Waals surface area contributed by atoms with E-state index in [1.807, 2.05) is 48.2 Å². The van der Waals surface area contributed by atoms with E-state index in [9.17, 15) is 4.79 Å². The number of hydrogen-bond acceptors (Lipinski definition) is 4. The summed E-state index contributed by atoms with van der Waals surface area (Å²) in [5.74, 6) is 0. The molecule has 2 aliphatic rings. The monoisotopic (exact) mass is 472 g/mol. The number of fused-ring (bicyclic) bond motifs is 2. The maximum atomic E-state index is 13.1. The van der Waals surface area contributed by atoms with Crippen molar-refractivity contribution in [1.82, 2.24) is 20.1 Å². The van der Waals surface area contributed by atoms with Crippen molar-refractivity contribution in [2.75, 3.05) is 23.3 Å². The summed E-state index contributed by atoms with van der Waals surface area (Å²) >= 11 is 6.22. The predicted octanol–water partition coefficient (Wildman–Crippen LogP) is 5.60. The molecular weight excluding hydrogens is 448 g/mol. The van der Waals surface area contributed by atoms with Crippen LogP contribution in [-0.2, 0) is 6.54 Å². The summed E-state index contributed by atoms with van der Waals surface area (Å²) in [6.07, 6.45) is 3.82. The third-order valence-corrected chi connectivity index (χ3v) is 7.05. The molecule has 2 N–H and O–H groups in total. The van der Waals surface area contributed by atoms with Crippen LogP contribution >= 0.6 is 11.6 Å². The zero-order valence-electron chi connectivity index (χ0n) is 18.9. The van der Waals surface area contributed by atoms with E-state index in [0.717, 1.165) is 75.7 Å². The summed E-state index contributed by atoms with van der Waals surface area (Å²) in [4.78, 5) is 21.7. The van der Waals surface area contributed by atoms with Crippen molar-refractivity contribution in [2.45, 2.75) is 32.4 Å². The Balaban J connectivity index is 1.30. The lowest BCUT2D eigenvalue weighted by atomic mass is 9.99. The quantitative estimate of drug-likeness (QED) is 0.406. The van der Waals surface area contributed by atoms with Crippen LogP contribution in [0.1, 0.15) is 24.1 Å². The van der Waals surface area contributed by atoms with Gasteiger partial charge in [0.15, 0.2) is 0 Å². The number of benzene rings is 2. The minimum absolute atomic E-state index is 0.0470. The van der Waals surface area contributed by atoms with Crippen molar-refractivity contribution in [3.05, 3.63) is 71.0 Å². The van der Waals surface area contributed by atoms with Gasteiger partial charge in [-0.3, -0.25) is 10.1 Å². The molecule has 172 valence electrons. The Kier molecular flexibility index (Phi) is 5.14. The maximum Gasteiger partial charge on any atom is 0.322 e. The number of nitrogens with zero attached hydrogens (tertiary/aromatic N) is 4. The maximum absolute atomic E-state index is 13.1. The van der Waals surface area contributed by atoms with Gasteiger partial charge >= 0.3 is 6.03 Å². The Hall–Kier alpha value is -3.58. The molecule has 2 amide bonds. The molecular formula is C26H25ClN6O. The van der Waals surface area contributed by atoms with Gasteiger partial charge in [0.25, 0.3) is 0 Å². The minimum Gasteiger partial charge on any atom is -0.369 e. The molecule has 6 rings (SSSR count). The number of nitrogens with one attached hydrogen (secondary N) is 2. The molecule has 4 heterocycles. The molecule has 0 unspecified atom stereocenters. The van der Waals surface area contributed by atoms with Gasteiger partial charge in [-0.25, -0.2) is 4.79 Å². The third-order valence-electron chi connectivity index (χ3n) is 6.81. The van der Waals surface area contributed by atoms with E-state index < -0.39 is 0 Å². The van der Waals surface area contributed by atoms with Gasteiger partial charge in [0.2, 0.25) is 0 Å². The average molecular weight is 473 g/mol. The van der Waals surface area contributed by atoms with Crippen molar-refractivity contribution in [3.8, 4) is 11.3 Å². The Bertz CT molecular complexity index is 1400. The number of amides is 2. The van der Waals surface area contributed by atoms with Crippen LogP contribution in [-0.4, -0.2) is 45.2 Å². The Morgan fingerprint density at radius 3 is 2.91 bits per heavy atom. The van der Waals surface area contributed by atoms with E-state index in [0.29, 0.717) is 6.54 Å². The lowest BCUT2D eigenvalue weighted by molar-refractivity contribution is 0.171. The second-order valence-electron chi connectivity index (χ2n) is 9.09. The zero-order chi connectivity index (χ0) is 23.2. The number of aromatic nitrogens is 3. The van der Waals surface area contributed by atoms with Crippen LogP contribution in [0.3, 0.4) is 0 Å². The van der Waals surface area contributed by atoms with Crippen molar-refractivity contribution in [1.29, 1.82) is 0 Å². The number of anilines is 2. The largest absolute Gasteiger partial charge is 0.369 e. The predicted molar refractivity (Wildman–Crippen MR) is 135 cm³/mol. The SMILES string of the molecule is Cc1cc(-c2n[nH]c3cc4c(cc23)CN([C@@H]2CCCN(c3cccc(Cl)c3)C2)C(=O)N4)ccn1. The first-order valence-corrected chi connectivity index (χ1v) is 11.9. The standard InChI is InChI=1S/C26H25ClN6O/c1-16-10-17(7-8-28-16)25-22-11-18-14-33(26(34)29-23(18)13-24(22)30-31-25)21-6-3-9-32(15-21)20-5-2-4-19(27)12-20/h2,4-5,7-8,10-13,21H,3,6,9,14-15H2,1H3,(H,29,34)(H,30,31)/t21-/m1/s1. The first-order valence-electron chi connectivity index (χ1n) is 11.6. The normalized spacial score (nSPS) is 18.2. The second kappa shape index (κ2) is 8.33. The number of carbonyl (C=O) groups excluding carboxylic acids is 1. The number of aromatic amines is 1. The molecule has 1 fully saturated rings. The zero-order valence-corrected chi connectivity index (χ0v) is 19.6. The number of H-pyrrole nitrogens is 1. The van der Waals surface area contributed by atoms with Gasteiger partial charge in [-0.15, -0.1) is 0 Å². The number of pyridine rings is 1. The molecule has 1 atom stereocenters. The highest BCUT2D eigenvalue weighted by Crippen LogP contribution is 2.35. The highest BCUT2D eigenvalue weighted by atomic mass is 35.5. The fraction of sp³-hybridized carbons (Fsp3) is 0.269. The van der Waals surface area contributed by atoms with Crippen LogP contribution in [0.4, 0.5) is 16.2 Å². The van der Waals surface area contributed by atoms with Crippen molar-refractivity contribution in [2.24, 2.45) is 0 Å². The smallest absolute Gasteiger partial charge is 0.322 e. The summed E-state index contributed by atoms with van der Waals surface area (Å²) < 4.78 is 0. The number of urea groups is 1. The summed E-state index contributed by atoms with van der Waals surface area (Å²) in [6, 6.07) is 16.2. The first-order chi connectivity index (χ1) is 16.5. The van der Waals surface area contributed by atoms with Crippen molar-refractivity contribution < 1.29 is 4.79 Å². The van der Waals surface area contributed by atoms with E-state index >= 15 is 0 Å². The molecule has 8 heteroatoms. The summed E-state index contributed by atoms with van der Waals surface area (Å²) in [5.41, 5.74) is 6.83. The van der Waals surface area contributed by atoms with E-state index in [4.69, 9.17) is 11.6 Å². The van der Waals surface area contributed by atoms with Crippen LogP contribution in [0, 0.1) is 6.92 Å². The highest BCUT2D eigenvalue weighted by Gasteiger charge is 2.33. The van der Waals surface area contributed by atoms with Gasteiger partial charge < -0.3 is 15.1 Å². The van der Waals surface area contributed by atoms with Gasteiger partial charge in [-0.2, -0.15) is 5.10 Å². The number of rotatable bonds is 3. The molecule has 0 saturated carbocycles. The Morgan fingerprint density at radius 1 is 1.15 bits per heavy atom. The fourth-order valence-electron chi connectivity index (χ4n) is 5.12. The molecule has 2 aromatic carbocycles. The van der Waals surface area contributed by atoms with E-state index in [1.165, 1.54) is 0 Å². The average Bonchev–Trinajstić information content (AvgIpc) is 3.25. The lowest BCUT2D eigenvalue weighted by Crippen LogP contribution is -2.52. The summed E-state index contributed by atoms with van der Waals surface area (Å²) in [5, 5.41) is 12.6. The van der Waals surface area contributed by atoms with Crippen molar-refractivity contribution >= 4 is 39.9 Å². The molecule has 0 spiro atoms. The molecule has 7 nitrogen and oxygen atoms in total. The van der Waals surface area contributed by atoms with E-state index in [-0.39, 0.29) is 12.1 Å². The number of piperidine rings is 1.